The van der Waals surface area contributed by atoms with E-state index in [9.17, 15) is 0 Å². The summed E-state index contributed by atoms with van der Waals surface area (Å²) in [4.78, 5) is 4.98. The van der Waals surface area contributed by atoms with Crippen LogP contribution in [0.4, 0.5) is 5.82 Å². The minimum absolute atomic E-state index is 0.659. The number of hydrogen-bond acceptors (Lipinski definition) is 12. The lowest BCUT2D eigenvalue weighted by atomic mass is 10.1. The van der Waals surface area contributed by atoms with Crippen molar-refractivity contribution in [2.75, 3.05) is 65.3 Å². The van der Waals surface area contributed by atoms with Crippen LogP contribution in [0, 0.1) is 5.92 Å². The molecule has 0 atom stereocenters. The predicted molar refractivity (Wildman–Crippen MR) is 216 cm³/mol. The molecule has 12 heteroatoms. The minimum Gasteiger partial charge on any atom is -0.467 e. The zero-order valence-electron chi connectivity index (χ0n) is 32.3. The van der Waals surface area contributed by atoms with Crippen molar-refractivity contribution >= 4 is 41.3 Å². The Kier molecular flexibility index (Phi) is 45.2. The topological polar surface area (TPSA) is 107 Å². The van der Waals surface area contributed by atoms with Crippen molar-refractivity contribution in [1.29, 1.82) is 0 Å². The molecule has 2 aromatic rings. The maximum absolute atomic E-state index is 7.00. The number of rotatable bonds is 14. The SMILES string of the molecule is C=C(S/C=C/N)SN(CC)CC.CC.CC.CC.CC(C)C.CN1CCN(CCCCc2coc(CNc3cnsn3)c2)CC1.CO. The molecule has 1 aliphatic rings. The Morgan fingerprint density at radius 3 is 2.15 bits per heavy atom. The van der Waals surface area contributed by atoms with E-state index >= 15 is 0 Å². The summed E-state index contributed by atoms with van der Waals surface area (Å²) in [6.45, 7) is 35.4. The molecule has 1 saturated heterocycles. The number of likely N-dealkylation sites (N-methyl/N-ethyl adjacent to an activating group) is 1. The van der Waals surface area contributed by atoms with Gasteiger partial charge in [-0.1, -0.05) is 94.5 Å². The Bertz CT molecular complexity index is 883. The molecule has 3 heterocycles. The van der Waals surface area contributed by atoms with E-state index < -0.39 is 0 Å². The average molecular weight is 720 g/mol. The van der Waals surface area contributed by atoms with Crippen LogP contribution in [0.3, 0.4) is 0 Å². The molecular weight excluding hydrogens is 647 g/mol. The quantitative estimate of drug-likeness (QED) is 0.128. The van der Waals surface area contributed by atoms with E-state index in [1.807, 2.05) is 53.2 Å². The predicted octanol–water partition coefficient (Wildman–Crippen LogP) is 9.27. The number of aromatic nitrogens is 2. The normalized spacial score (nSPS) is 12.3. The molecule has 1 fully saturated rings. The number of unbranched alkanes of at least 4 members (excludes halogenated alkanes) is 1. The van der Waals surface area contributed by atoms with Gasteiger partial charge in [-0.05, 0) is 67.8 Å². The van der Waals surface area contributed by atoms with Gasteiger partial charge in [0.05, 0.1) is 35.0 Å². The number of nitrogens with zero attached hydrogens (tertiary/aromatic N) is 5. The number of nitrogens with two attached hydrogens (primary N) is 1. The van der Waals surface area contributed by atoms with Crippen LogP contribution < -0.4 is 11.1 Å². The summed E-state index contributed by atoms with van der Waals surface area (Å²) < 4.78 is 17.0. The van der Waals surface area contributed by atoms with Crippen molar-refractivity contribution in [1.82, 2.24) is 22.9 Å². The number of furan rings is 1. The Labute approximate surface area is 303 Å². The van der Waals surface area contributed by atoms with Gasteiger partial charge in [-0.3, -0.25) is 0 Å². The summed E-state index contributed by atoms with van der Waals surface area (Å²) in [5.74, 6) is 2.59. The first-order chi connectivity index (χ1) is 22.8. The van der Waals surface area contributed by atoms with Crippen LogP contribution >= 0.6 is 35.4 Å². The molecular formula is C35H73N7O2S3. The van der Waals surface area contributed by atoms with Gasteiger partial charge in [-0.25, -0.2) is 4.31 Å². The number of piperazine rings is 1. The summed E-state index contributed by atoms with van der Waals surface area (Å²) in [7, 11) is 3.20. The van der Waals surface area contributed by atoms with E-state index in [2.05, 4.69) is 82.5 Å². The highest BCUT2D eigenvalue weighted by molar-refractivity contribution is 8.22. The first-order valence-electron chi connectivity index (χ1n) is 17.4. The highest BCUT2D eigenvalue weighted by atomic mass is 32.2. The number of thioether (sulfide) groups is 1. The van der Waals surface area contributed by atoms with Crippen molar-refractivity contribution in [3.63, 3.8) is 0 Å². The Balaban J connectivity index is -0.000000326. The smallest absolute Gasteiger partial charge is 0.160 e. The second-order valence-electron chi connectivity index (χ2n) is 9.93. The Morgan fingerprint density at radius 2 is 1.66 bits per heavy atom. The van der Waals surface area contributed by atoms with Crippen LogP contribution in [0.15, 0.2) is 45.4 Å². The molecule has 9 nitrogen and oxygen atoms in total. The molecule has 0 unspecified atom stereocenters. The third-order valence-corrected chi connectivity index (χ3v) is 8.04. The van der Waals surface area contributed by atoms with Crippen molar-refractivity contribution in [2.45, 2.75) is 102 Å². The molecule has 4 N–H and O–H groups in total. The lowest BCUT2D eigenvalue weighted by Crippen LogP contribution is -2.44. The van der Waals surface area contributed by atoms with Gasteiger partial charge < -0.3 is 30.4 Å². The Hall–Kier alpha value is -1.54. The standard InChI is InChI=1S/C16H25N5OS.C8H16N2S2.C4H10.3C2H6.CH4O/c1-20-6-8-21(9-7-20)5-3-2-4-14-10-15(22-13-14)11-17-16-12-18-23-19-16;1-4-10(5-2)12-8(3)11-7-6-9;1-4(2)3;4*1-2/h10,12-13H,2-9,11H2,1H3,(H,17,19);6-7H,3-5,9H2,1-2H3;4H,1-3H3;3*1-2H3;2H,1H3/b;7-6+;;;;;. The van der Waals surface area contributed by atoms with Gasteiger partial charge in [0, 0.05) is 52.6 Å². The van der Waals surface area contributed by atoms with Gasteiger partial charge in [0.25, 0.3) is 0 Å². The van der Waals surface area contributed by atoms with Gasteiger partial charge >= 0.3 is 0 Å². The van der Waals surface area contributed by atoms with E-state index in [1.165, 1.54) is 69.1 Å². The largest absolute Gasteiger partial charge is 0.467 e. The maximum Gasteiger partial charge on any atom is 0.160 e. The second-order valence-corrected chi connectivity index (χ2v) is 12.9. The molecule has 0 amide bonds. The third-order valence-electron chi connectivity index (χ3n) is 5.51. The summed E-state index contributed by atoms with van der Waals surface area (Å²) in [5.41, 5.74) is 6.50. The van der Waals surface area contributed by atoms with Crippen LogP contribution in [0.1, 0.15) is 100 Å². The zero-order chi connectivity index (χ0) is 36.9. The fourth-order valence-corrected chi connectivity index (χ4v) is 5.26. The zero-order valence-corrected chi connectivity index (χ0v) is 34.8. The third kappa shape index (κ3) is 34.1. The van der Waals surface area contributed by atoms with Crippen molar-refractivity contribution in [3.8, 4) is 0 Å². The van der Waals surface area contributed by atoms with Gasteiger partial charge in [-0.2, -0.15) is 8.75 Å². The van der Waals surface area contributed by atoms with Crippen LogP contribution in [-0.2, 0) is 13.0 Å². The van der Waals surface area contributed by atoms with E-state index in [-0.39, 0.29) is 0 Å². The first kappa shape index (κ1) is 52.3. The number of nitrogens with one attached hydrogen (secondary N) is 1. The molecule has 0 radical (unpaired) electrons. The van der Waals surface area contributed by atoms with Crippen molar-refractivity contribution in [2.24, 2.45) is 11.7 Å². The fraction of sp³-hybridized carbons (Fsp3) is 0.714. The highest BCUT2D eigenvalue weighted by Gasteiger charge is 2.13. The summed E-state index contributed by atoms with van der Waals surface area (Å²) in [6.07, 6.45) is 8.70. The van der Waals surface area contributed by atoms with Gasteiger partial charge in [0.2, 0.25) is 0 Å². The molecule has 0 aromatic carbocycles. The molecule has 0 saturated carbocycles. The second kappa shape index (κ2) is 40.6. The van der Waals surface area contributed by atoms with Crippen LogP contribution in [-0.4, -0.2) is 87.9 Å². The number of aliphatic hydroxyl groups is 1. The van der Waals surface area contributed by atoms with E-state index in [1.54, 1.807) is 29.9 Å². The van der Waals surface area contributed by atoms with Crippen LogP contribution in [0.5, 0.6) is 0 Å². The Morgan fingerprint density at radius 1 is 1.09 bits per heavy atom. The molecule has 278 valence electrons. The van der Waals surface area contributed by atoms with Gasteiger partial charge in [-0.15, -0.1) is 0 Å². The van der Waals surface area contributed by atoms with Crippen molar-refractivity contribution < 1.29 is 9.52 Å². The van der Waals surface area contributed by atoms with Gasteiger partial charge in [0.15, 0.2) is 5.82 Å². The number of aliphatic hydroxyl groups excluding tert-OH is 1. The molecule has 0 bridgehead atoms. The lowest BCUT2D eigenvalue weighted by molar-refractivity contribution is 0.152. The molecule has 0 spiro atoms. The number of anilines is 1. The molecule has 0 aliphatic carbocycles. The van der Waals surface area contributed by atoms with Crippen LogP contribution in [0.25, 0.3) is 0 Å². The molecule has 1 aliphatic heterocycles. The number of aryl methyl sites for hydroxylation is 1. The molecule has 3 rings (SSSR count). The highest BCUT2D eigenvalue weighted by Crippen LogP contribution is 2.29. The van der Waals surface area contributed by atoms with Crippen LogP contribution in [0.2, 0.25) is 0 Å². The summed E-state index contributed by atoms with van der Waals surface area (Å²) in [6, 6.07) is 2.14. The van der Waals surface area contributed by atoms with E-state index in [4.69, 9.17) is 15.3 Å². The summed E-state index contributed by atoms with van der Waals surface area (Å²) in [5, 5.41) is 12.0. The number of hydrogen-bond donors (Lipinski definition) is 3. The lowest BCUT2D eigenvalue weighted by Gasteiger charge is -2.32. The maximum atomic E-state index is 7.00. The van der Waals surface area contributed by atoms with E-state index in [0.717, 1.165) is 48.4 Å². The van der Waals surface area contributed by atoms with Gasteiger partial charge in [0.1, 0.15) is 5.76 Å². The van der Waals surface area contributed by atoms with Crippen molar-refractivity contribution in [3.05, 3.63) is 52.3 Å². The molecule has 2 aromatic heterocycles. The first-order valence-corrected chi connectivity index (χ1v) is 19.7. The average Bonchev–Trinajstić information content (AvgIpc) is 3.81. The minimum atomic E-state index is 0.659. The van der Waals surface area contributed by atoms with E-state index in [0.29, 0.717) is 6.54 Å². The fourth-order valence-electron chi connectivity index (χ4n) is 3.44. The summed E-state index contributed by atoms with van der Waals surface area (Å²) >= 11 is 4.44. The monoisotopic (exact) mass is 719 g/mol. The molecule has 47 heavy (non-hydrogen) atoms.